The molecule has 0 aliphatic heterocycles. The lowest BCUT2D eigenvalue weighted by atomic mass is 10.2. The summed E-state index contributed by atoms with van der Waals surface area (Å²) in [6.45, 7) is 0. The van der Waals surface area contributed by atoms with Gasteiger partial charge in [-0.05, 0) is 42.0 Å². The Kier molecular flexibility index (Phi) is 4.11. The Balaban J connectivity index is 1.93. The van der Waals surface area contributed by atoms with Gasteiger partial charge in [-0.25, -0.2) is 5.10 Å². The van der Waals surface area contributed by atoms with Crippen molar-refractivity contribution in [1.29, 1.82) is 0 Å². The Hall–Kier alpha value is -2.73. The first kappa shape index (κ1) is 14.2. The lowest BCUT2D eigenvalue weighted by molar-refractivity contribution is 0.415. The van der Waals surface area contributed by atoms with Crippen LogP contribution in [0.15, 0.2) is 59.7 Å². The summed E-state index contributed by atoms with van der Waals surface area (Å²) in [5.41, 5.74) is 1.89. The third kappa shape index (κ3) is 2.96. The fourth-order valence-electron chi connectivity index (χ4n) is 1.99. The van der Waals surface area contributed by atoms with Crippen molar-refractivity contribution < 1.29 is 4.74 Å². The molecule has 0 saturated carbocycles. The van der Waals surface area contributed by atoms with Crippen molar-refractivity contribution in [1.82, 2.24) is 14.9 Å². The van der Waals surface area contributed by atoms with Crippen molar-refractivity contribution in [3.8, 4) is 17.1 Å². The largest absolute Gasteiger partial charge is 0.497 e. The average Bonchev–Trinajstić information content (AvgIpc) is 2.95. The van der Waals surface area contributed by atoms with E-state index in [0.717, 1.165) is 16.9 Å². The number of hydrogen-bond acceptors (Lipinski definition) is 4. The summed E-state index contributed by atoms with van der Waals surface area (Å²) in [6, 6.07) is 17.4. The summed E-state index contributed by atoms with van der Waals surface area (Å²) in [4.78, 5) is 0. The molecule has 3 rings (SSSR count). The van der Waals surface area contributed by atoms with Gasteiger partial charge in [0.05, 0.1) is 13.3 Å². The van der Waals surface area contributed by atoms with Crippen LogP contribution in [-0.2, 0) is 0 Å². The van der Waals surface area contributed by atoms with E-state index >= 15 is 0 Å². The van der Waals surface area contributed by atoms with Crippen LogP contribution in [0.3, 0.4) is 0 Å². The summed E-state index contributed by atoms with van der Waals surface area (Å²) < 4.78 is 7.19. The third-order valence-corrected chi connectivity index (χ3v) is 3.38. The normalized spacial score (nSPS) is 11.0. The number of methoxy groups -OCH3 is 1. The number of rotatable bonds is 4. The molecule has 0 saturated heterocycles. The Morgan fingerprint density at radius 2 is 1.86 bits per heavy atom. The first-order valence-electron chi connectivity index (χ1n) is 6.69. The van der Waals surface area contributed by atoms with Crippen molar-refractivity contribution >= 4 is 18.4 Å². The molecule has 0 aliphatic carbocycles. The summed E-state index contributed by atoms with van der Waals surface area (Å²) >= 11 is 5.24. The molecule has 0 atom stereocenters. The molecular weight excluding hydrogens is 296 g/mol. The van der Waals surface area contributed by atoms with Crippen molar-refractivity contribution in [2.45, 2.75) is 0 Å². The third-order valence-electron chi connectivity index (χ3n) is 3.12. The molecule has 0 unspecified atom stereocenters. The van der Waals surface area contributed by atoms with Crippen LogP contribution in [-0.4, -0.2) is 28.2 Å². The molecule has 0 aliphatic rings. The minimum Gasteiger partial charge on any atom is -0.497 e. The van der Waals surface area contributed by atoms with Crippen LogP contribution < -0.4 is 4.74 Å². The number of nitrogens with zero attached hydrogens (tertiary/aromatic N) is 3. The number of benzene rings is 2. The van der Waals surface area contributed by atoms with Gasteiger partial charge in [0, 0.05) is 5.56 Å². The highest BCUT2D eigenvalue weighted by Gasteiger charge is 2.06. The molecule has 3 aromatic rings. The lowest BCUT2D eigenvalue weighted by Gasteiger charge is -2.01. The molecule has 0 radical (unpaired) electrons. The zero-order valence-corrected chi connectivity index (χ0v) is 12.7. The highest BCUT2D eigenvalue weighted by Crippen LogP contribution is 2.16. The van der Waals surface area contributed by atoms with E-state index in [1.54, 1.807) is 18.0 Å². The lowest BCUT2D eigenvalue weighted by Crippen LogP contribution is -1.95. The predicted molar refractivity (Wildman–Crippen MR) is 88.8 cm³/mol. The Labute approximate surface area is 132 Å². The number of ether oxygens (including phenoxy) is 1. The molecule has 0 fully saturated rings. The molecule has 110 valence electrons. The maximum atomic E-state index is 5.24. The van der Waals surface area contributed by atoms with E-state index in [-0.39, 0.29) is 0 Å². The van der Waals surface area contributed by atoms with Gasteiger partial charge in [-0.15, -0.1) is 0 Å². The van der Waals surface area contributed by atoms with Gasteiger partial charge in [0.25, 0.3) is 0 Å². The summed E-state index contributed by atoms with van der Waals surface area (Å²) in [5, 5.41) is 11.4. The minimum absolute atomic E-state index is 0.448. The molecule has 0 bridgehead atoms. The number of hydrogen-bond donors (Lipinski definition) is 1. The first-order chi connectivity index (χ1) is 10.8. The topological polar surface area (TPSA) is 55.2 Å². The van der Waals surface area contributed by atoms with Crippen molar-refractivity contribution in [2.75, 3.05) is 7.11 Å². The number of aromatic amines is 1. The maximum absolute atomic E-state index is 5.24. The van der Waals surface area contributed by atoms with Crippen LogP contribution in [0, 0.1) is 4.77 Å². The molecule has 0 spiro atoms. The van der Waals surface area contributed by atoms with E-state index in [2.05, 4.69) is 15.3 Å². The van der Waals surface area contributed by atoms with Crippen LogP contribution in [0.1, 0.15) is 5.56 Å². The van der Waals surface area contributed by atoms with Crippen LogP contribution in [0.2, 0.25) is 0 Å². The van der Waals surface area contributed by atoms with Gasteiger partial charge in [0.2, 0.25) is 4.77 Å². The molecule has 1 heterocycles. The summed E-state index contributed by atoms with van der Waals surface area (Å²) in [6.07, 6.45) is 1.73. The second-order valence-corrected chi connectivity index (χ2v) is 4.93. The molecular formula is C16H14N4OS. The molecule has 0 amide bonds. The van der Waals surface area contributed by atoms with E-state index in [0.29, 0.717) is 10.6 Å². The first-order valence-corrected chi connectivity index (χ1v) is 7.10. The average molecular weight is 310 g/mol. The highest BCUT2D eigenvalue weighted by atomic mass is 32.1. The quantitative estimate of drug-likeness (QED) is 0.593. The molecule has 1 N–H and O–H groups in total. The molecule has 1 aromatic heterocycles. The van der Waals surface area contributed by atoms with Crippen molar-refractivity contribution in [3.05, 3.63) is 64.9 Å². The van der Waals surface area contributed by atoms with Gasteiger partial charge in [-0.3, -0.25) is 0 Å². The number of nitrogens with one attached hydrogen (secondary N) is 1. The SMILES string of the molecule is COc1ccc(/C=N/n2c(-c3ccccc3)n[nH]c2=S)cc1. The second kappa shape index (κ2) is 6.36. The van der Waals surface area contributed by atoms with Gasteiger partial charge in [-0.1, -0.05) is 30.3 Å². The van der Waals surface area contributed by atoms with E-state index in [1.807, 2.05) is 54.6 Å². The molecule has 2 aromatic carbocycles. The van der Waals surface area contributed by atoms with Gasteiger partial charge in [0.15, 0.2) is 5.82 Å². The zero-order chi connectivity index (χ0) is 15.4. The Morgan fingerprint density at radius 3 is 2.55 bits per heavy atom. The summed E-state index contributed by atoms with van der Waals surface area (Å²) in [5.74, 6) is 1.48. The number of H-pyrrole nitrogens is 1. The van der Waals surface area contributed by atoms with E-state index in [1.165, 1.54) is 0 Å². The van der Waals surface area contributed by atoms with Crippen LogP contribution in [0.5, 0.6) is 5.75 Å². The minimum atomic E-state index is 0.448. The highest BCUT2D eigenvalue weighted by molar-refractivity contribution is 7.71. The standard InChI is InChI=1S/C16H14N4OS/c1-21-14-9-7-12(8-10-14)11-17-20-15(18-19-16(20)22)13-5-3-2-4-6-13/h2-11H,1H3,(H,19,22)/b17-11+. The van der Waals surface area contributed by atoms with Crippen molar-refractivity contribution in [3.63, 3.8) is 0 Å². The fourth-order valence-corrected chi connectivity index (χ4v) is 2.17. The zero-order valence-electron chi connectivity index (χ0n) is 11.9. The van der Waals surface area contributed by atoms with E-state index in [4.69, 9.17) is 17.0 Å². The summed E-state index contributed by atoms with van der Waals surface area (Å²) in [7, 11) is 1.64. The molecule has 22 heavy (non-hydrogen) atoms. The Morgan fingerprint density at radius 1 is 1.14 bits per heavy atom. The van der Waals surface area contributed by atoms with Crippen LogP contribution >= 0.6 is 12.2 Å². The predicted octanol–water partition coefficient (Wildman–Crippen LogP) is 3.50. The second-order valence-electron chi connectivity index (χ2n) is 4.55. The van der Waals surface area contributed by atoms with Gasteiger partial charge >= 0.3 is 0 Å². The van der Waals surface area contributed by atoms with Gasteiger partial charge in [0.1, 0.15) is 5.75 Å². The van der Waals surface area contributed by atoms with Crippen molar-refractivity contribution in [2.24, 2.45) is 5.10 Å². The molecule has 5 nitrogen and oxygen atoms in total. The van der Waals surface area contributed by atoms with Crippen LogP contribution in [0.4, 0.5) is 0 Å². The number of aromatic nitrogens is 3. The smallest absolute Gasteiger partial charge is 0.216 e. The van der Waals surface area contributed by atoms with Gasteiger partial charge in [-0.2, -0.15) is 14.9 Å². The Bertz CT molecular complexity index is 835. The monoisotopic (exact) mass is 310 g/mol. The fraction of sp³-hybridized carbons (Fsp3) is 0.0625. The maximum Gasteiger partial charge on any atom is 0.216 e. The molecule has 6 heteroatoms. The van der Waals surface area contributed by atoms with Gasteiger partial charge < -0.3 is 4.74 Å². The van der Waals surface area contributed by atoms with E-state index < -0.39 is 0 Å². The van der Waals surface area contributed by atoms with Crippen LogP contribution in [0.25, 0.3) is 11.4 Å². The van der Waals surface area contributed by atoms with E-state index in [9.17, 15) is 0 Å².